The molecule has 0 spiro atoms. The fourth-order valence-corrected chi connectivity index (χ4v) is 2.11. The van der Waals surface area contributed by atoms with Crippen molar-refractivity contribution < 1.29 is 9.90 Å². The molecule has 0 unspecified atom stereocenters. The lowest BCUT2D eigenvalue weighted by Crippen LogP contribution is -2.27. The van der Waals surface area contributed by atoms with Crippen molar-refractivity contribution in [1.29, 1.82) is 0 Å². The third kappa shape index (κ3) is 3.60. The van der Waals surface area contributed by atoms with E-state index in [-0.39, 0.29) is 6.04 Å². The van der Waals surface area contributed by atoms with Crippen molar-refractivity contribution >= 4 is 6.09 Å². The lowest BCUT2D eigenvalue weighted by Gasteiger charge is -2.13. The molecule has 1 heterocycles. The summed E-state index contributed by atoms with van der Waals surface area (Å²) >= 11 is 0. The number of nitrogens with zero attached hydrogens (tertiary/aromatic N) is 1. The molecule has 1 aromatic heterocycles. The summed E-state index contributed by atoms with van der Waals surface area (Å²) in [4.78, 5) is 18.4. The number of hydrogen-bond donors (Lipinski definition) is 3. The first-order chi connectivity index (χ1) is 9.70. The lowest BCUT2D eigenvalue weighted by molar-refractivity contribution is 0.188. The molecule has 20 heavy (non-hydrogen) atoms. The van der Waals surface area contributed by atoms with E-state index in [0.29, 0.717) is 5.82 Å². The summed E-state index contributed by atoms with van der Waals surface area (Å²) in [7, 11) is 0. The van der Waals surface area contributed by atoms with Crippen LogP contribution < -0.4 is 5.32 Å². The van der Waals surface area contributed by atoms with Crippen LogP contribution in [0.5, 0.6) is 0 Å². The smallest absolute Gasteiger partial charge is 0.405 e. The molecule has 1 atom stereocenters. The maximum atomic E-state index is 10.9. The molecule has 2 rings (SSSR count). The highest BCUT2D eigenvalue weighted by atomic mass is 16.4. The predicted molar refractivity (Wildman–Crippen MR) is 77.5 cm³/mol. The average molecular weight is 273 g/mol. The molecule has 0 saturated carbocycles. The van der Waals surface area contributed by atoms with Crippen molar-refractivity contribution in [3.63, 3.8) is 0 Å². The molecular formula is C15H19N3O2. The number of rotatable bonds is 6. The second-order valence-corrected chi connectivity index (χ2v) is 4.69. The van der Waals surface area contributed by atoms with Crippen molar-refractivity contribution in [1.82, 2.24) is 15.3 Å². The molecule has 1 aromatic carbocycles. The maximum Gasteiger partial charge on any atom is 0.405 e. The molecular weight excluding hydrogens is 254 g/mol. The van der Waals surface area contributed by atoms with Gasteiger partial charge in [0, 0.05) is 0 Å². The molecule has 1 amide bonds. The van der Waals surface area contributed by atoms with Crippen LogP contribution in [0.3, 0.4) is 0 Å². The van der Waals surface area contributed by atoms with Gasteiger partial charge in [-0.25, -0.2) is 9.78 Å². The molecule has 2 aromatic rings. The van der Waals surface area contributed by atoms with E-state index in [0.717, 1.165) is 30.5 Å². The zero-order chi connectivity index (χ0) is 14.4. The van der Waals surface area contributed by atoms with Gasteiger partial charge in [-0.05, 0) is 12.0 Å². The Bertz CT molecular complexity index is 551. The van der Waals surface area contributed by atoms with Crippen LogP contribution in [0.15, 0.2) is 36.5 Å². The van der Waals surface area contributed by atoms with E-state index in [1.54, 1.807) is 6.20 Å². The Morgan fingerprint density at radius 1 is 1.40 bits per heavy atom. The van der Waals surface area contributed by atoms with Crippen LogP contribution in [-0.2, 0) is 0 Å². The predicted octanol–water partition coefficient (Wildman–Crippen LogP) is 3.58. The van der Waals surface area contributed by atoms with E-state index in [2.05, 4.69) is 22.2 Å². The summed E-state index contributed by atoms with van der Waals surface area (Å²) in [6, 6.07) is 9.56. The Morgan fingerprint density at radius 2 is 2.15 bits per heavy atom. The number of hydrogen-bond acceptors (Lipinski definition) is 2. The van der Waals surface area contributed by atoms with Gasteiger partial charge in [0.05, 0.1) is 17.9 Å². The quantitative estimate of drug-likeness (QED) is 0.752. The summed E-state index contributed by atoms with van der Waals surface area (Å²) in [5, 5.41) is 11.4. The fourth-order valence-electron chi connectivity index (χ4n) is 2.11. The molecule has 0 aliphatic rings. The van der Waals surface area contributed by atoms with Crippen molar-refractivity contribution in [3.8, 4) is 11.3 Å². The van der Waals surface area contributed by atoms with E-state index in [1.165, 1.54) is 0 Å². The molecule has 5 nitrogen and oxygen atoms in total. The minimum absolute atomic E-state index is 0.287. The van der Waals surface area contributed by atoms with Gasteiger partial charge < -0.3 is 15.4 Å². The fraction of sp³-hybridized carbons (Fsp3) is 0.333. The summed E-state index contributed by atoms with van der Waals surface area (Å²) in [5.74, 6) is 0.666. The molecule has 0 radical (unpaired) electrons. The van der Waals surface area contributed by atoms with Crippen molar-refractivity contribution in [2.75, 3.05) is 0 Å². The van der Waals surface area contributed by atoms with Crippen LogP contribution in [0.1, 0.15) is 38.1 Å². The topological polar surface area (TPSA) is 78.0 Å². The molecule has 0 bridgehead atoms. The number of aromatic amines is 1. The van der Waals surface area contributed by atoms with E-state index >= 15 is 0 Å². The van der Waals surface area contributed by atoms with Gasteiger partial charge in [-0.2, -0.15) is 0 Å². The van der Waals surface area contributed by atoms with Crippen LogP contribution in [0, 0.1) is 0 Å². The largest absolute Gasteiger partial charge is 0.465 e. The summed E-state index contributed by atoms with van der Waals surface area (Å²) in [5.41, 5.74) is 1.94. The molecule has 5 heteroatoms. The van der Waals surface area contributed by atoms with Gasteiger partial charge >= 0.3 is 6.09 Å². The highest BCUT2D eigenvalue weighted by Crippen LogP contribution is 2.21. The number of carbonyl (C=O) groups is 1. The van der Waals surface area contributed by atoms with Gasteiger partial charge in [-0.1, -0.05) is 50.1 Å². The Labute approximate surface area is 118 Å². The Hall–Kier alpha value is -2.30. The number of aromatic nitrogens is 2. The standard InChI is InChI=1S/C15H19N3O2/c1-2-3-9-12(18-15(19)20)14-16-10-13(17-14)11-7-5-4-6-8-11/h4-8,10,12,18H,2-3,9H2,1H3,(H,16,17)(H,19,20)/t12-/m1/s1. The number of H-pyrrole nitrogens is 1. The van der Waals surface area contributed by atoms with E-state index in [4.69, 9.17) is 5.11 Å². The van der Waals surface area contributed by atoms with Gasteiger partial charge in [0.2, 0.25) is 0 Å². The first-order valence-electron chi connectivity index (χ1n) is 6.80. The van der Waals surface area contributed by atoms with Gasteiger partial charge in [-0.3, -0.25) is 0 Å². The monoisotopic (exact) mass is 273 g/mol. The first-order valence-corrected chi connectivity index (χ1v) is 6.80. The zero-order valence-electron chi connectivity index (χ0n) is 11.5. The molecule has 0 fully saturated rings. The Morgan fingerprint density at radius 3 is 2.80 bits per heavy atom. The summed E-state index contributed by atoms with van der Waals surface area (Å²) in [6.07, 6.45) is 3.43. The van der Waals surface area contributed by atoms with Crippen LogP contribution in [0.2, 0.25) is 0 Å². The zero-order valence-corrected chi connectivity index (χ0v) is 11.5. The normalized spacial score (nSPS) is 12.1. The summed E-state index contributed by atoms with van der Waals surface area (Å²) in [6.45, 7) is 2.08. The van der Waals surface area contributed by atoms with Crippen molar-refractivity contribution in [2.24, 2.45) is 0 Å². The second kappa shape index (κ2) is 6.75. The van der Waals surface area contributed by atoms with E-state index in [9.17, 15) is 4.79 Å². The highest BCUT2D eigenvalue weighted by molar-refractivity contribution is 5.65. The van der Waals surface area contributed by atoms with Gasteiger partial charge in [0.15, 0.2) is 0 Å². The number of unbranched alkanes of at least 4 members (excludes halogenated alkanes) is 1. The van der Waals surface area contributed by atoms with E-state index < -0.39 is 6.09 Å². The van der Waals surface area contributed by atoms with Crippen molar-refractivity contribution in [3.05, 3.63) is 42.4 Å². The van der Waals surface area contributed by atoms with E-state index in [1.807, 2.05) is 30.3 Å². The third-order valence-electron chi connectivity index (χ3n) is 3.15. The van der Waals surface area contributed by atoms with Crippen molar-refractivity contribution in [2.45, 2.75) is 32.2 Å². The van der Waals surface area contributed by atoms with Crippen LogP contribution in [-0.4, -0.2) is 21.2 Å². The SMILES string of the molecule is CCCC[C@@H](NC(=O)O)c1ncc(-c2ccccc2)[nH]1. The number of benzene rings is 1. The van der Waals surface area contributed by atoms with Gasteiger partial charge in [0.1, 0.15) is 5.82 Å². The van der Waals surface area contributed by atoms with Crippen LogP contribution in [0.4, 0.5) is 4.79 Å². The molecule has 3 N–H and O–H groups in total. The third-order valence-corrected chi connectivity index (χ3v) is 3.15. The number of carboxylic acid groups (broad SMARTS) is 1. The first kappa shape index (κ1) is 14.1. The van der Waals surface area contributed by atoms with Gasteiger partial charge in [-0.15, -0.1) is 0 Å². The molecule has 0 aliphatic heterocycles. The Kier molecular flexibility index (Phi) is 4.76. The summed E-state index contributed by atoms with van der Waals surface area (Å²) < 4.78 is 0. The average Bonchev–Trinajstić information content (AvgIpc) is 2.94. The number of imidazole rings is 1. The second-order valence-electron chi connectivity index (χ2n) is 4.69. The van der Waals surface area contributed by atoms with Crippen LogP contribution in [0.25, 0.3) is 11.3 Å². The Balaban J connectivity index is 2.17. The minimum atomic E-state index is -1.02. The highest BCUT2D eigenvalue weighted by Gasteiger charge is 2.17. The van der Waals surface area contributed by atoms with Crippen LogP contribution >= 0.6 is 0 Å². The molecule has 0 saturated heterocycles. The number of nitrogens with one attached hydrogen (secondary N) is 2. The molecule has 0 aliphatic carbocycles. The number of amides is 1. The lowest BCUT2D eigenvalue weighted by atomic mass is 10.1. The minimum Gasteiger partial charge on any atom is -0.465 e. The molecule has 106 valence electrons. The van der Waals surface area contributed by atoms with Gasteiger partial charge in [0.25, 0.3) is 0 Å². The maximum absolute atomic E-state index is 10.9.